The molecule has 220 valence electrons. The molecule has 1 fully saturated rings. The monoisotopic (exact) mass is 573 g/mol. The Morgan fingerprint density at radius 2 is 1.85 bits per heavy atom. The molecule has 0 N–H and O–H groups in total. The number of hydrogen-bond acceptors (Lipinski definition) is 7. The van der Waals surface area contributed by atoms with E-state index in [1.54, 1.807) is 28.8 Å². The molecule has 1 aliphatic rings. The molecule has 0 spiro atoms. The molecule has 1 amide bonds. The van der Waals surface area contributed by atoms with E-state index in [0.717, 1.165) is 18.9 Å². The molecule has 0 atom stereocenters. The molecule has 41 heavy (non-hydrogen) atoms. The number of fused-ring (bicyclic) bond motifs is 1. The summed E-state index contributed by atoms with van der Waals surface area (Å²) < 4.78 is 60.3. The normalized spacial score (nSPS) is 14.7. The number of halogens is 3. The maximum Gasteiger partial charge on any atom is 0.419 e. The van der Waals surface area contributed by atoms with Crippen LogP contribution in [0.5, 0.6) is 5.75 Å². The summed E-state index contributed by atoms with van der Waals surface area (Å²) in [5, 5.41) is 9.98. The van der Waals surface area contributed by atoms with E-state index in [9.17, 15) is 23.2 Å². The molecular weight excluding hydrogens is 539 g/mol. The van der Waals surface area contributed by atoms with Crippen LogP contribution >= 0.6 is 0 Å². The number of nitrogens with zero attached hydrogens (tertiary/aromatic N) is 5. The van der Waals surface area contributed by atoms with E-state index in [2.05, 4.69) is 9.97 Å². The molecule has 0 saturated carbocycles. The molecule has 1 saturated heterocycles. The SMILES string of the molecule is COCCn1ccc2c(-c3ccc(OCCC4CCN(C(=O)OC(C)(C)C)CC4)c(C(F)(F)F)c3)nc(C#N)nc21. The Morgan fingerprint density at radius 3 is 2.49 bits per heavy atom. The highest BCUT2D eigenvalue weighted by Crippen LogP contribution is 2.40. The lowest BCUT2D eigenvalue weighted by atomic mass is 9.94. The van der Waals surface area contributed by atoms with Crippen LogP contribution in [0.25, 0.3) is 22.3 Å². The Morgan fingerprint density at radius 1 is 1.12 bits per heavy atom. The largest absolute Gasteiger partial charge is 0.493 e. The van der Waals surface area contributed by atoms with E-state index < -0.39 is 17.3 Å². The minimum absolute atomic E-state index is 0.109. The maximum absolute atomic E-state index is 14.1. The lowest BCUT2D eigenvalue weighted by Crippen LogP contribution is -2.41. The van der Waals surface area contributed by atoms with Crippen LogP contribution in [0.15, 0.2) is 30.5 Å². The van der Waals surface area contributed by atoms with Crippen molar-refractivity contribution in [2.75, 3.05) is 33.4 Å². The molecule has 1 aromatic carbocycles. The van der Waals surface area contributed by atoms with Gasteiger partial charge in [-0.2, -0.15) is 18.4 Å². The predicted octanol–water partition coefficient (Wildman–Crippen LogP) is 6.05. The predicted molar refractivity (Wildman–Crippen MR) is 145 cm³/mol. The van der Waals surface area contributed by atoms with Gasteiger partial charge in [-0.15, -0.1) is 0 Å². The first-order valence-corrected chi connectivity index (χ1v) is 13.5. The zero-order chi connectivity index (χ0) is 29.8. The van der Waals surface area contributed by atoms with Gasteiger partial charge >= 0.3 is 12.3 Å². The number of nitriles is 1. The van der Waals surface area contributed by atoms with Gasteiger partial charge in [-0.25, -0.2) is 14.8 Å². The zero-order valence-electron chi connectivity index (χ0n) is 23.6. The number of methoxy groups -OCH3 is 1. The minimum Gasteiger partial charge on any atom is -0.493 e. The second kappa shape index (κ2) is 12.3. The molecule has 0 bridgehead atoms. The van der Waals surface area contributed by atoms with Gasteiger partial charge in [0.25, 0.3) is 0 Å². The summed E-state index contributed by atoms with van der Waals surface area (Å²) in [6.45, 7) is 7.49. The Balaban J connectivity index is 1.48. The van der Waals surface area contributed by atoms with Crippen LogP contribution in [-0.2, 0) is 22.2 Å². The van der Waals surface area contributed by atoms with Crippen LogP contribution in [-0.4, -0.2) is 64.5 Å². The molecule has 3 heterocycles. The molecule has 4 rings (SSSR count). The number of hydrogen-bond donors (Lipinski definition) is 0. The smallest absolute Gasteiger partial charge is 0.419 e. The quantitative estimate of drug-likeness (QED) is 0.323. The summed E-state index contributed by atoms with van der Waals surface area (Å²) >= 11 is 0. The number of likely N-dealkylation sites (tertiary alicyclic amines) is 1. The summed E-state index contributed by atoms with van der Waals surface area (Å²) in [6.07, 6.45) is -1.27. The van der Waals surface area contributed by atoms with E-state index >= 15 is 0 Å². The third-order valence-electron chi connectivity index (χ3n) is 6.86. The van der Waals surface area contributed by atoms with Gasteiger partial charge in [0, 0.05) is 43.9 Å². The van der Waals surface area contributed by atoms with Crippen molar-refractivity contribution in [3.8, 4) is 23.1 Å². The topological polar surface area (TPSA) is 103 Å². The third-order valence-corrected chi connectivity index (χ3v) is 6.86. The zero-order valence-corrected chi connectivity index (χ0v) is 23.6. The van der Waals surface area contributed by atoms with E-state index in [4.69, 9.17) is 14.2 Å². The number of piperidine rings is 1. The van der Waals surface area contributed by atoms with E-state index in [-0.39, 0.29) is 41.4 Å². The minimum atomic E-state index is -4.67. The fourth-order valence-corrected chi connectivity index (χ4v) is 4.80. The molecule has 0 unspecified atom stereocenters. The van der Waals surface area contributed by atoms with E-state index in [1.807, 2.05) is 26.8 Å². The molecular formula is C29H34F3N5O4. The fourth-order valence-electron chi connectivity index (χ4n) is 4.80. The van der Waals surface area contributed by atoms with Crippen LogP contribution in [0.1, 0.15) is 51.4 Å². The Bertz CT molecular complexity index is 1420. The van der Waals surface area contributed by atoms with Crippen molar-refractivity contribution >= 4 is 17.1 Å². The molecule has 2 aromatic heterocycles. The summed E-state index contributed by atoms with van der Waals surface area (Å²) in [6, 6.07) is 7.42. The number of carbonyl (C=O) groups is 1. The van der Waals surface area contributed by atoms with Crippen LogP contribution in [0, 0.1) is 17.2 Å². The van der Waals surface area contributed by atoms with Crippen molar-refractivity contribution in [1.29, 1.82) is 5.26 Å². The van der Waals surface area contributed by atoms with Gasteiger partial charge in [0.2, 0.25) is 5.82 Å². The first-order chi connectivity index (χ1) is 19.4. The second-order valence-electron chi connectivity index (χ2n) is 11.0. The number of aromatic nitrogens is 3. The first kappa shape index (κ1) is 30.1. The van der Waals surface area contributed by atoms with Gasteiger partial charge in [-0.05, 0) is 70.2 Å². The molecule has 0 aliphatic carbocycles. The highest BCUT2D eigenvalue weighted by molar-refractivity contribution is 5.91. The summed E-state index contributed by atoms with van der Waals surface area (Å²) in [5.74, 6) is -0.185. The number of ether oxygens (including phenoxy) is 3. The summed E-state index contributed by atoms with van der Waals surface area (Å²) in [5.41, 5.74) is -0.613. The van der Waals surface area contributed by atoms with Crippen molar-refractivity contribution in [3.63, 3.8) is 0 Å². The lowest BCUT2D eigenvalue weighted by Gasteiger charge is -2.33. The van der Waals surface area contributed by atoms with Gasteiger partial charge in [0.15, 0.2) is 0 Å². The fraction of sp³-hybridized carbons (Fsp3) is 0.517. The van der Waals surface area contributed by atoms with Crippen LogP contribution in [0.4, 0.5) is 18.0 Å². The van der Waals surface area contributed by atoms with Gasteiger partial charge in [-0.3, -0.25) is 0 Å². The van der Waals surface area contributed by atoms with Gasteiger partial charge in [-0.1, -0.05) is 0 Å². The Kier molecular flexibility index (Phi) is 9.07. The summed E-state index contributed by atoms with van der Waals surface area (Å²) in [7, 11) is 1.56. The van der Waals surface area contributed by atoms with Gasteiger partial charge in [0.05, 0.1) is 24.5 Å². The van der Waals surface area contributed by atoms with Gasteiger partial charge in [0.1, 0.15) is 23.1 Å². The number of benzene rings is 1. The van der Waals surface area contributed by atoms with Crippen LogP contribution < -0.4 is 4.74 Å². The van der Waals surface area contributed by atoms with Crippen LogP contribution in [0.2, 0.25) is 0 Å². The first-order valence-electron chi connectivity index (χ1n) is 13.5. The maximum atomic E-state index is 14.1. The van der Waals surface area contributed by atoms with Crippen molar-refractivity contribution in [1.82, 2.24) is 19.4 Å². The standard InChI is InChI=1S/C29H34F3N5O4/c1-28(2,3)41-27(38)37-11-7-19(8-12-37)10-15-40-23-6-5-20(17-22(23)29(30,31)32)25-21-9-13-36(14-16-39-4)26(21)35-24(18-33)34-25/h5-6,9,13,17,19H,7-8,10-12,14-16H2,1-4H3. The molecule has 9 nitrogen and oxygen atoms in total. The number of alkyl halides is 3. The van der Waals surface area contributed by atoms with E-state index in [1.165, 1.54) is 12.1 Å². The number of amides is 1. The average molecular weight is 574 g/mol. The Labute approximate surface area is 236 Å². The lowest BCUT2D eigenvalue weighted by molar-refractivity contribution is -0.138. The van der Waals surface area contributed by atoms with Gasteiger partial charge < -0.3 is 23.7 Å². The number of carbonyl (C=O) groups excluding carboxylic acids is 1. The van der Waals surface area contributed by atoms with Crippen molar-refractivity contribution < 1.29 is 32.2 Å². The average Bonchev–Trinajstić information content (AvgIpc) is 3.33. The van der Waals surface area contributed by atoms with Crippen molar-refractivity contribution in [2.45, 2.75) is 58.4 Å². The highest BCUT2D eigenvalue weighted by atomic mass is 19.4. The van der Waals surface area contributed by atoms with Crippen molar-refractivity contribution in [2.24, 2.45) is 5.92 Å². The highest BCUT2D eigenvalue weighted by Gasteiger charge is 2.35. The van der Waals surface area contributed by atoms with Crippen LogP contribution in [0.3, 0.4) is 0 Å². The molecule has 1 aliphatic heterocycles. The van der Waals surface area contributed by atoms with Crippen molar-refractivity contribution in [3.05, 3.63) is 41.9 Å². The molecule has 3 aromatic rings. The second-order valence-corrected chi connectivity index (χ2v) is 11.0. The Hall–Kier alpha value is -3.85. The number of rotatable bonds is 8. The van der Waals surface area contributed by atoms with E-state index in [0.29, 0.717) is 43.7 Å². The molecule has 0 radical (unpaired) electrons. The summed E-state index contributed by atoms with van der Waals surface area (Å²) in [4.78, 5) is 22.4. The molecule has 12 heteroatoms. The third kappa shape index (κ3) is 7.47.